The summed E-state index contributed by atoms with van der Waals surface area (Å²) in [6.07, 6.45) is 1.17. The van der Waals surface area contributed by atoms with Crippen molar-refractivity contribution in [3.63, 3.8) is 0 Å². The van der Waals surface area contributed by atoms with Crippen LogP contribution in [0.15, 0.2) is 48.6 Å². The third-order valence-electron chi connectivity index (χ3n) is 6.26. The topological polar surface area (TPSA) is 113 Å². The Kier molecular flexibility index (Phi) is 7.77. The number of Topliss-reactive ketones (excluding diaryl/α,β-unsaturated/α-hetero) is 1. The van der Waals surface area contributed by atoms with E-state index in [0.29, 0.717) is 5.56 Å². The molecule has 0 radical (unpaired) electrons. The number of ketones is 1. The number of ether oxygens (including phenoxy) is 6. The van der Waals surface area contributed by atoms with Crippen LogP contribution in [0.5, 0.6) is 17.2 Å². The summed E-state index contributed by atoms with van der Waals surface area (Å²) in [5.41, 5.74) is -0.844. The molecule has 3 aliphatic rings. The van der Waals surface area contributed by atoms with Gasteiger partial charge in [-0.3, -0.25) is 4.79 Å². The van der Waals surface area contributed by atoms with Crippen molar-refractivity contribution in [2.24, 2.45) is 0 Å². The van der Waals surface area contributed by atoms with E-state index in [1.807, 2.05) is 30.3 Å². The minimum atomic E-state index is -2.08. The molecule has 1 aliphatic carbocycles. The lowest BCUT2D eigenvalue weighted by atomic mass is 9.95. The molecule has 11 nitrogen and oxygen atoms in total. The van der Waals surface area contributed by atoms with Crippen molar-refractivity contribution in [2.45, 2.75) is 32.2 Å². The second-order valence-corrected chi connectivity index (χ2v) is 8.27. The van der Waals surface area contributed by atoms with E-state index >= 15 is 0 Å². The molecule has 5 rings (SSSR count). The fourth-order valence-corrected chi connectivity index (χ4v) is 4.60. The van der Waals surface area contributed by atoms with Crippen molar-refractivity contribution in [2.75, 3.05) is 34.5 Å². The molecule has 202 valence electrons. The number of nitrogens with zero attached hydrogens (tertiary/aromatic N) is 2. The summed E-state index contributed by atoms with van der Waals surface area (Å²) in [7, 11) is 4.13. The molecule has 0 fully saturated rings. The predicted octanol–water partition coefficient (Wildman–Crippen LogP) is 4.26. The SMILES string of the molecule is CCOC(=O)N1[C@@H]2C=C[C@@](OC)(C(=O)c3c2cc(OC)c(OC)c3OCc2ccccc2)N1C(=O)OCC. The van der Waals surface area contributed by atoms with Crippen molar-refractivity contribution >= 4 is 18.0 Å². The third kappa shape index (κ3) is 4.28. The molecule has 0 saturated carbocycles. The highest BCUT2D eigenvalue weighted by molar-refractivity contribution is 6.10. The number of hydrogen-bond donors (Lipinski definition) is 0. The van der Waals surface area contributed by atoms with Gasteiger partial charge in [0.25, 0.3) is 0 Å². The molecule has 0 spiro atoms. The lowest BCUT2D eigenvalue weighted by Gasteiger charge is -2.46. The minimum Gasteiger partial charge on any atom is -0.493 e. The number of fused-ring (bicyclic) bond motifs is 1. The number of carbonyl (C=O) groups excluding carboxylic acids is 3. The minimum absolute atomic E-state index is 0.00556. The summed E-state index contributed by atoms with van der Waals surface area (Å²) >= 11 is 0. The van der Waals surface area contributed by atoms with Crippen LogP contribution >= 0.6 is 0 Å². The van der Waals surface area contributed by atoms with Gasteiger partial charge in [-0.1, -0.05) is 36.4 Å². The quantitative estimate of drug-likeness (QED) is 0.466. The van der Waals surface area contributed by atoms with Crippen molar-refractivity contribution in [3.05, 3.63) is 65.2 Å². The summed E-state index contributed by atoms with van der Waals surface area (Å²) < 4.78 is 33.6. The van der Waals surface area contributed by atoms with Gasteiger partial charge in [0.05, 0.1) is 33.0 Å². The van der Waals surface area contributed by atoms with Crippen LogP contribution in [0.3, 0.4) is 0 Å². The van der Waals surface area contributed by atoms with E-state index < -0.39 is 29.7 Å². The standard InChI is InChI=1S/C27H30N2O9/c1-6-36-25(31)28-19-13-14-27(35-5,29(28)26(32)37-7-2)24(30)21-18(19)15-20(33-3)22(34-4)23(21)38-16-17-11-9-8-10-12-17/h8-15,19H,6-7,16H2,1-5H3/t19-,27-/m1/s1. The van der Waals surface area contributed by atoms with E-state index in [-0.39, 0.29) is 42.6 Å². The summed E-state index contributed by atoms with van der Waals surface area (Å²) in [6.45, 7) is 3.37. The van der Waals surface area contributed by atoms with E-state index in [0.717, 1.165) is 15.6 Å². The van der Waals surface area contributed by atoms with Crippen molar-refractivity contribution < 1.29 is 42.8 Å². The Labute approximate surface area is 220 Å². The molecule has 2 heterocycles. The third-order valence-corrected chi connectivity index (χ3v) is 6.26. The molecule has 2 amide bonds. The molecular weight excluding hydrogens is 496 g/mol. The fraction of sp³-hybridized carbons (Fsp3) is 0.370. The lowest BCUT2D eigenvalue weighted by molar-refractivity contribution is -0.158. The number of hydrogen-bond acceptors (Lipinski definition) is 9. The van der Waals surface area contributed by atoms with Crippen molar-refractivity contribution in [1.82, 2.24) is 10.0 Å². The van der Waals surface area contributed by atoms with Crippen LogP contribution in [0.25, 0.3) is 0 Å². The average molecular weight is 527 g/mol. The average Bonchev–Trinajstić information content (AvgIpc) is 3.11. The maximum atomic E-state index is 14.4. The van der Waals surface area contributed by atoms with E-state index in [9.17, 15) is 14.4 Å². The number of hydrazine groups is 1. The molecule has 0 aromatic heterocycles. The fourth-order valence-electron chi connectivity index (χ4n) is 4.60. The number of amides is 2. The normalized spacial score (nSPS) is 19.5. The highest BCUT2D eigenvalue weighted by Gasteiger charge is 2.59. The summed E-state index contributed by atoms with van der Waals surface area (Å²) in [5, 5.41) is 1.86. The molecule has 0 N–H and O–H groups in total. The maximum absolute atomic E-state index is 14.4. The Bertz CT molecular complexity index is 1250. The molecule has 0 saturated heterocycles. The maximum Gasteiger partial charge on any atom is 0.432 e. The van der Waals surface area contributed by atoms with Gasteiger partial charge in [-0.05, 0) is 37.1 Å². The number of benzene rings is 2. The Morgan fingerprint density at radius 2 is 1.63 bits per heavy atom. The lowest BCUT2D eigenvalue weighted by Crippen LogP contribution is -2.66. The zero-order valence-electron chi connectivity index (χ0n) is 21.9. The van der Waals surface area contributed by atoms with Crippen LogP contribution in [-0.2, 0) is 20.8 Å². The predicted molar refractivity (Wildman–Crippen MR) is 134 cm³/mol. The Morgan fingerprint density at radius 3 is 2.24 bits per heavy atom. The zero-order valence-corrected chi connectivity index (χ0v) is 21.9. The van der Waals surface area contributed by atoms with Crippen LogP contribution in [0.1, 0.15) is 41.4 Å². The summed E-state index contributed by atoms with van der Waals surface area (Å²) in [4.78, 5) is 41.0. The first-order chi connectivity index (χ1) is 18.4. The molecule has 2 bridgehead atoms. The number of rotatable bonds is 8. The molecule has 2 aromatic carbocycles. The van der Waals surface area contributed by atoms with Crippen LogP contribution < -0.4 is 14.2 Å². The van der Waals surface area contributed by atoms with Gasteiger partial charge in [0, 0.05) is 7.11 Å². The first-order valence-corrected chi connectivity index (χ1v) is 12.1. The van der Waals surface area contributed by atoms with Gasteiger partial charge in [-0.25, -0.2) is 9.59 Å². The van der Waals surface area contributed by atoms with Gasteiger partial charge in [0.1, 0.15) is 12.6 Å². The molecule has 2 aromatic rings. The molecule has 11 heteroatoms. The van der Waals surface area contributed by atoms with E-state index in [1.165, 1.54) is 27.4 Å². The van der Waals surface area contributed by atoms with Gasteiger partial charge in [-0.2, -0.15) is 10.0 Å². The summed E-state index contributed by atoms with van der Waals surface area (Å²) in [5.74, 6) is -0.148. The number of carbonyl (C=O) groups is 3. The largest absolute Gasteiger partial charge is 0.493 e. The molecular formula is C27H30N2O9. The van der Waals surface area contributed by atoms with Gasteiger partial charge in [-0.15, -0.1) is 0 Å². The molecule has 0 unspecified atom stereocenters. The second-order valence-electron chi connectivity index (χ2n) is 8.27. The Morgan fingerprint density at radius 1 is 0.947 bits per heavy atom. The zero-order chi connectivity index (χ0) is 27.4. The van der Waals surface area contributed by atoms with Gasteiger partial charge >= 0.3 is 12.2 Å². The molecule has 2 aliphatic heterocycles. The van der Waals surface area contributed by atoms with Gasteiger partial charge in [0.15, 0.2) is 11.5 Å². The van der Waals surface area contributed by atoms with Crippen LogP contribution in [-0.4, -0.2) is 68.3 Å². The van der Waals surface area contributed by atoms with Gasteiger partial charge < -0.3 is 28.4 Å². The first-order valence-electron chi connectivity index (χ1n) is 12.1. The first kappa shape index (κ1) is 26.8. The molecule has 2 atom stereocenters. The molecule has 38 heavy (non-hydrogen) atoms. The highest BCUT2D eigenvalue weighted by atomic mass is 16.6. The van der Waals surface area contributed by atoms with Crippen molar-refractivity contribution in [3.8, 4) is 17.2 Å². The van der Waals surface area contributed by atoms with E-state index in [4.69, 9.17) is 28.4 Å². The van der Waals surface area contributed by atoms with Crippen LogP contribution in [0, 0.1) is 0 Å². The Hall–Kier alpha value is -4.25. The Balaban J connectivity index is 1.99. The monoisotopic (exact) mass is 526 g/mol. The van der Waals surface area contributed by atoms with E-state index in [2.05, 4.69) is 0 Å². The van der Waals surface area contributed by atoms with Gasteiger partial charge in [0.2, 0.25) is 17.3 Å². The van der Waals surface area contributed by atoms with E-state index in [1.54, 1.807) is 26.0 Å². The smallest absolute Gasteiger partial charge is 0.432 e. The summed E-state index contributed by atoms with van der Waals surface area (Å²) in [6, 6.07) is 9.97. The second kappa shape index (κ2) is 11.0. The van der Waals surface area contributed by atoms with Crippen LogP contribution in [0.2, 0.25) is 0 Å². The number of methoxy groups -OCH3 is 3. The van der Waals surface area contributed by atoms with Crippen LogP contribution in [0.4, 0.5) is 9.59 Å². The van der Waals surface area contributed by atoms with Crippen molar-refractivity contribution in [1.29, 1.82) is 0 Å². The highest BCUT2D eigenvalue weighted by Crippen LogP contribution is 2.52.